The second-order valence-corrected chi connectivity index (χ2v) is 8.93. The van der Waals surface area contributed by atoms with E-state index in [0.717, 1.165) is 38.3 Å². The second kappa shape index (κ2) is 19.9. The van der Waals surface area contributed by atoms with Gasteiger partial charge in [0.1, 0.15) is 12.6 Å². The van der Waals surface area contributed by atoms with Gasteiger partial charge in [-0.05, 0) is 36.5 Å². The van der Waals surface area contributed by atoms with Gasteiger partial charge < -0.3 is 19.8 Å². The maximum Gasteiger partial charge on any atom is 0.125 e. The zero-order chi connectivity index (χ0) is 25.1. The van der Waals surface area contributed by atoms with E-state index >= 15 is 0 Å². The van der Waals surface area contributed by atoms with Crippen LogP contribution in [0.4, 0.5) is 0 Å². The Labute approximate surface area is 197 Å². The highest BCUT2D eigenvalue weighted by Crippen LogP contribution is 2.25. The first-order valence-electron chi connectivity index (χ1n) is 12.0. The zero-order valence-electron chi connectivity index (χ0n) is 21.2. The predicted molar refractivity (Wildman–Crippen MR) is 136 cm³/mol. The molecule has 0 aliphatic heterocycles. The lowest BCUT2D eigenvalue weighted by molar-refractivity contribution is -0.118. The summed E-state index contributed by atoms with van der Waals surface area (Å²) in [5, 5.41) is 20.2. The molecule has 4 heteroatoms. The summed E-state index contributed by atoms with van der Waals surface area (Å²) in [6.07, 6.45) is 15.1. The van der Waals surface area contributed by atoms with Crippen molar-refractivity contribution >= 4 is 12.6 Å². The predicted octanol–water partition coefficient (Wildman–Crippen LogP) is 5.95. The molecule has 0 aliphatic rings. The summed E-state index contributed by atoms with van der Waals surface area (Å²) in [4.78, 5) is 22.0. The Morgan fingerprint density at radius 3 is 1.19 bits per heavy atom. The smallest absolute Gasteiger partial charge is 0.125 e. The number of aldehydes is 2. The van der Waals surface area contributed by atoms with Crippen LogP contribution in [0.3, 0.4) is 0 Å². The molecule has 0 aromatic rings. The molecule has 0 saturated heterocycles. The molecule has 0 bridgehead atoms. The molecule has 0 heterocycles. The SMILES string of the molecule is C=C/C=C/C[C@@H](C)[C@@H](O)[C@@H](C=O)C(C)CC.C=C/C=C\C[C@@H](C)[C@@H](O)[C@@H](C=O)C(C)CC. The van der Waals surface area contributed by atoms with Crippen LogP contribution < -0.4 is 0 Å². The van der Waals surface area contributed by atoms with Crippen LogP contribution in [0.5, 0.6) is 0 Å². The summed E-state index contributed by atoms with van der Waals surface area (Å²) in [6.45, 7) is 19.2. The van der Waals surface area contributed by atoms with E-state index in [-0.39, 0.29) is 35.5 Å². The summed E-state index contributed by atoms with van der Waals surface area (Å²) in [5.41, 5.74) is 0. The first-order valence-corrected chi connectivity index (χ1v) is 12.0. The van der Waals surface area contributed by atoms with Gasteiger partial charge in [0.2, 0.25) is 0 Å². The fourth-order valence-electron chi connectivity index (χ4n) is 3.46. The van der Waals surface area contributed by atoms with Crippen molar-refractivity contribution in [1.82, 2.24) is 0 Å². The van der Waals surface area contributed by atoms with Crippen molar-refractivity contribution in [3.8, 4) is 0 Å². The van der Waals surface area contributed by atoms with E-state index in [4.69, 9.17) is 0 Å². The van der Waals surface area contributed by atoms with Gasteiger partial charge in [-0.1, -0.05) is 104 Å². The zero-order valence-corrected chi connectivity index (χ0v) is 21.2. The molecular weight excluding hydrogens is 400 g/mol. The normalized spacial score (nSPS) is 19.0. The van der Waals surface area contributed by atoms with Gasteiger partial charge in [0.25, 0.3) is 0 Å². The van der Waals surface area contributed by atoms with Crippen LogP contribution in [0.15, 0.2) is 49.6 Å². The minimum Gasteiger partial charge on any atom is -0.392 e. The van der Waals surface area contributed by atoms with Crippen molar-refractivity contribution < 1.29 is 19.8 Å². The Morgan fingerprint density at radius 2 is 0.969 bits per heavy atom. The fraction of sp³-hybridized carbons (Fsp3) is 0.643. The second-order valence-electron chi connectivity index (χ2n) is 8.93. The maximum absolute atomic E-state index is 11.0. The number of hydrogen-bond donors (Lipinski definition) is 2. The van der Waals surface area contributed by atoms with Crippen LogP contribution in [0.1, 0.15) is 67.2 Å². The number of aliphatic hydroxyl groups excluding tert-OH is 2. The van der Waals surface area contributed by atoms with Gasteiger partial charge in [-0.25, -0.2) is 0 Å². The van der Waals surface area contributed by atoms with E-state index in [1.165, 1.54) is 0 Å². The highest BCUT2D eigenvalue weighted by molar-refractivity contribution is 5.55. The number of carbonyl (C=O) groups is 2. The number of rotatable bonds is 16. The van der Waals surface area contributed by atoms with Crippen LogP contribution in [-0.2, 0) is 9.59 Å². The van der Waals surface area contributed by atoms with Gasteiger partial charge in [-0.2, -0.15) is 0 Å². The van der Waals surface area contributed by atoms with E-state index in [9.17, 15) is 19.8 Å². The standard InChI is InChI=1S/2C14H24O2/c2*1-5-7-8-9-12(4)14(16)13(10-15)11(3)6-2/h2*5,7-8,10-14,16H,1,6,9H2,2-4H3/b8-7+;8-7-/t2*11?,12-,13+,14-/m11/s1. The van der Waals surface area contributed by atoms with Crippen LogP contribution in [0, 0.1) is 35.5 Å². The molecule has 8 atom stereocenters. The Kier molecular flexibility index (Phi) is 20.1. The molecule has 184 valence electrons. The number of carbonyl (C=O) groups excluding carboxylic acids is 2. The van der Waals surface area contributed by atoms with Gasteiger partial charge in [-0.15, -0.1) is 0 Å². The van der Waals surface area contributed by atoms with Crippen LogP contribution in [0.25, 0.3) is 0 Å². The lowest BCUT2D eigenvalue weighted by Crippen LogP contribution is -2.32. The Morgan fingerprint density at radius 1 is 0.656 bits per heavy atom. The molecule has 4 nitrogen and oxygen atoms in total. The Bertz CT molecular complexity index is 516. The lowest BCUT2D eigenvalue weighted by atomic mass is 9.82. The highest BCUT2D eigenvalue weighted by atomic mass is 16.3. The lowest BCUT2D eigenvalue weighted by Gasteiger charge is -2.27. The molecule has 2 unspecified atom stereocenters. The summed E-state index contributed by atoms with van der Waals surface area (Å²) < 4.78 is 0. The topological polar surface area (TPSA) is 74.6 Å². The summed E-state index contributed by atoms with van der Waals surface area (Å²) in [5.74, 6) is 0.159. The summed E-state index contributed by atoms with van der Waals surface area (Å²) >= 11 is 0. The van der Waals surface area contributed by atoms with E-state index < -0.39 is 12.2 Å². The van der Waals surface area contributed by atoms with Crippen molar-refractivity contribution in [2.24, 2.45) is 35.5 Å². The molecule has 0 radical (unpaired) electrons. The molecular formula is C28H48O4. The van der Waals surface area contributed by atoms with Crippen molar-refractivity contribution in [2.75, 3.05) is 0 Å². The molecule has 0 rings (SSSR count). The molecule has 0 fully saturated rings. The largest absolute Gasteiger partial charge is 0.392 e. The molecule has 0 aromatic carbocycles. The average Bonchev–Trinajstić information content (AvgIpc) is 2.79. The molecule has 2 N–H and O–H groups in total. The van der Waals surface area contributed by atoms with E-state index in [1.807, 2.05) is 65.8 Å². The van der Waals surface area contributed by atoms with Gasteiger partial charge in [-0.3, -0.25) is 0 Å². The van der Waals surface area contributed by atoms with E-state index in [1.54, 1.807) is 12.2 Å². The highest BCUT2D eigenvalue weighted by Gasteiger charge is 2.28. The van der Waals surface area contributed by atoms with Crippen molar-refractivity contribution in [1.29, 1.82) is 0 Å². The van der Waals surface area contributed by atoms with Gasteiger partial charge in [0, 0.05) is 11.8 Å². The average molecular weight is 449 g/mol. The quantitative estimate of drug-likeness (QED) is 0.226. The fourth-order valence-corrected chi connectivity index (χ4v) is 3.46. The van der Waals surface area contributed by atoms with E-state index in [0.29, 0.717) is 0 Å². The van der Waals surface area contributed by atoms with Gasteiger partial charge in [0.05, 0.1) is 12.2 Å². The Hall–Kier alpha value is -1.78. The third-order valence-corrected chi connectivity index (χ3v) is 6.43. The first-order chi connectivity index (χ1) is 15.2. The molecule has 0 amide bonds. The van der Waals surface area contributed by atoms with Crippen LogP contribution >= 0.6 is 0 Å². The number of aliphatic hydroxyl groups is 2. The molecule has 0 saturated carbocycles. The minimum atomic E-state index is -0.554. The number of allylic oxidation sites excluding steroid dienone is 6. The maximum atomic E-state index is 11.0. The van der Waals surface area contributed by atoms with Crippen molar-refractivity contribution in [3.63, 3.8) is 0 Å². The molecule has 0 aromatic heterocycles. The van der Waals surface area contributed by atoms with Gasteiger partial charge >= 0.3 is 0 Å². The van der Waals surface area contributed by atoms with Gasteiger partial charge in [0.15, 0.2) is 0 Å². The summed E-state index contributed by atoms with van der Waals surface area (Å²) in [6, 6.07) is 0. The first kappa shape index (κ1) is 32.4. The number of hydrogen-bond acceptors (Lipinski definition) is 4. The third kappa shape index (κ3) is 12.9. The third-order valence-electron chi connectivity index (χ3n) is 6.43. The van der Waals surface area contributed by atoms with Crippen LogP contribution in [-0.4, -0.2) is 35.0 Å². The minimum absolute atomic E-state index is 0.0976. The van der Waals surface area contributed by atoms with Crippen molar-refractivity contribution in [3.05, 3.63) is 49.6 Å². The van der Waals surface area contributed by atoms with Crippen molar-refractivity contribution in [2.45, 2.75) is 79.4 Å². The Balaban J connectivity index is 0. The molecule has 32 heavy (non-hydrogen) atoms. The molecule has 0 aliphatic carbocycles. The molecule has 0 spiro atoms. The monoisotopic (exact) mass is 448 g/mol. The summed E-state index contributed by atoms with van der Waals surface area (Å²) in [7, 11) is 0. The van der Waals surface area contributed by atoms with Crippen LogP contribution in [0.2, 0.25) is 0 Å². The van der Waals surface area contributed by atoms with E-state index in [2.05, 4.69) is 13.2 Å².